The van der Waals surface area contributed by atoms with Gasteiger partial charge in [0, 0.05) is 24.2 Å². The Kier molecular flexibility index (Phi) is 7.57. The van der Waals surface area contributed by atoms with Crippen LogP contribution in [0.25, 0.3) is 0 Å². The molecule has 0 bridgehead atoms. The molecule has 33 heavy (non-hydrogen) atoms. The van der Waals surface area contributed by atoms with Crippen molar-refractivity contribution in [3.8, 4) is 17.7 Å². The van der Waals surface area contributed by atoms with Gasteiger partial charge in [0.15, 0.2) is 6.19 Å². The van der Waals surface area contributed by atoms with Crippen molar-refractivity contribution in [3.05, 3.63) is 71.6 Å². The van der Waals surface area contributed by atoms with Crippen LogP contribution in [0.3, 0.4) is 0 Å². The number of ether oxygens (including phenoxy) is 1. The van der Waals surface area contributed by atoms with Crippen molar-refractivity contribution >= 4 is 11.6 Å². The Morgan fingerprint density at radius 1 is 1.21 bits per heavy atom. The van der Waals surface area contributed by atoms with E-state index in [1.165, 1.54) is 0 Å². The van der Waals surface area contributed by atoms with Crippen molar-refractivity contribution in [2.45, 2.75) is 38.8 Å². The minimum Gasteiger partial charge on any atom is -0.457 e. The third-order valence-electron chi connectivity index (χ3n) is 5.90. The van der Waals surface area contributed by atoms with E-state index in [9.17, 15) is 10.1 Å². The fourth-order valence-electron chi connectivity index (χ4n) is 4.10. The van der Waals surface area contributed by atoms with Crippen molar-refractivity contribution in [1.29, 1.82) is 10.7 Å². The van der Waals surface area contributed by atoms with Gasteiger partial charge in [-0.25, -0.2) is 0 Å². The number of nitrogens with two attached hydrogens (primary N) is 2. The highest BCUT2D eigenvalue weighted by Crippen LogP contribution is 2.27. The number of nitrogens with zero attached hydrogens (tertiary/aromatic N) is 2. The van der Waals surface area contributed by atoms with Crippen molar-refractivity contribution in [3.63, 3.8) is 0 Å². The zero-order valence-corrected chi connectivity index (χ0v) is 18.9. The van der Waals surface area contributed by atoms with E-state index in [4.69, 9.17) is 21.6 Å². The summed E-state index contributed by atoms with van der Waals surface area (Å²) in [6.45, 7) is 4.82. The zero-order valence-electron chi connectivity index (χ0n) is 18.9. The summed E-state index contributed by atoms with van der Waals surface area (Å²) in [5.41, 5.74) is 12.1. The van der Waals surface area contributed by atoms with Gasteiger partial charge in [-0.05, 0) is 62.1 Å². The number of hydrogen-bond acceptors (Lipinski definition) is 7. The molecule has 0 saturated carbocycles. The number of benzene rings is 2. The SMILES string of the molecule is CC(CC1C(C)CCN1C#N)N/C(N)=C(\C(=N)c1ccc(Oc2ccccc2)cc1)C(N)=O. The lowest BCUT2D eigenvalue weighted by Gasteiger charge is -2.26. The summed E-state index contributed by atoms with van der Waals surface area (Å²) in [6.07, 6.45) is 3.90. The molecule has 1 heterocycles. The van der Waals surface area contributed by atoms with Crippen LogP contribution in [0.4, 0.5) is 0 Å². The maximum Gasteiger partial charge on any atom is 0.254 e. The second-order valence-corrected chi connectivity index (χ2v) is 8.38. The standard InChI is InChI=1S/C25H30N6O2/c1-16-12-13-31(15-26)21(16)14-17(2)30-24(28)22(25(29)32)23(27)18-8-10-20(11-9-18)33-19-6-4-3-5-7-19/h3-11,16-17,21,27,30H,12-14,28H2,1-2H3,(H2,29,32)/b24-22+,27-23?. The number of rotatable bonds is 9. The largest absolute Gasteiger partial charge is 0.457 e. The van der Waals surface area contributed by atoms with Gasteiger partial charge in [0.05, 0.1) is 5.71 Å². The number of primary amides is 1. The van der Waals surface area contributed by atoms with Crippen LogP contribution >= 0.6 is 0 Å². The lowest BCUT2D eigenvalue weighted by Crippen LogP contribution is -2.40. The topological polar surface area (TPSA) is 141 Å². The van der Waals surface area contributed by atoms with E-state index in [1.54, 1.807) is 29.2 Å². The van der Waals surface area contributed by atoms with E-state index >= 15 is 0 Å². The molecule has 0 aliphatic carbocycles. The van der Waals surface area contributed by atoms with Crippen molar-refractivity contribution in [2.75, 3.05) is 6.54 Å². The summed E-state index contributed by atoms with van der Waals surface area (Å²) in [6, 6.07) is 16.2. The van der Waals surface area contributed by atoms with Gasteiger partial charge < -0.3 is 26.4 Å². The summed E-state index contributed by atoms with van der Waals surface area (Å²) >= 11 is 0. The Morgan fingerprint density at radius 3 is 2.45 bits per heavy atom. The van der Waals surface area contributed by atoms with Crippen LogP contribution in [0.15, 0.2) is 66.0 Å². The molecule has 3 rings (SSSR count). The normalized spacial score (nSPS) is 19.2. The maximum atomic E-state index is 12.2. The molecule has 2 aromatic carbocycles. The number of para-hydroxylation sites is 1. The van der Waals surface area contributed by atoms with Crippen LogP contribution in [-0.4, -0.2) is 35.1 Å². The van der Waals surface area contributed by atoms with Gasteiger partial charge in [-0.15, -0.1) is 0 Å². The molecule has 8 heteroatoms. The zero-order chi connectivity index (χ0) is 24.0. The third-order valence-corrected chi connectivity index (χ3v) is 5.90. The highest BCUT2D eigenvalue weighted by atomic mass is 16.5. The molecule has 2 aromatic rings. The maximum absolute atomic E-state index is 12.2. The Labute approximate surface area is 194 Å². The Hall–Kier alpha value is -3.99. The lowest BCUT2D eigenvalue weighted by molar-refractivity contribution is -0.114. The van der Waals surface area contributed by atoms with Crippen LogP contribution in [0.5, 0.6) is 11.5 Å². The van der Waals surface area contributed by atoms with Crippen LogP contribution in [0, 0.1) is 22.8 Å². The summed E-state index contributed by atoms with van der Waals surface area (Å²) in [4.78, 5) is 14.0. The number of hydrogen-bond donors (Lipinski definition) is 4. The molecule has 8 nitrogen and oxygen atoms in total. The lowest BCUT2D eigenvalue weighted by atomic mass is 9.96. The van der Waals surface area contributed by atoms with Gasteiger partial charge >= 0.3 is 0 Å². The minimum atomic E-state index is -0.783. The number of nitrogens with one attached hydrogen (secondary N) is 2. The van der Waals surface area contributed by atoms with E-state index in [-0.39, 0.29) is 29.2 Å². The highest BCUT2D eigenvalue weighted by Gasteiger charge is 2.32. The highest BCUT2D eigenvalue weighted by molar-refractivity contribution is 6.26. The molecule has 0 radical (unpaired) electrons. The minimum absolute atomic E-state index is 0.0544. The van der Waals surface area contributed by atoms with Crippen LogP contribution in [0.1, 0.15) is 32.3 Å². The average molecular weight is 447 g/mol. The molecule has 3 atom stereocenters. The van der Waals surface area contributed by atoms with Crippen LogP contribution in [0.2, 0.25) is 0 Å². The van der Waals surface area contributed by atoms with E-state index in [1.807, 2.05) is 37.3 Å². The molecule has 3 unspecified atom stereocenters. The van der Waals surface area contributed by atoms with Gasteiger partial charge in [0.1, 0.15) is 22.9 Å². The molecular weight excluding hydrogens is 416 g/mol. The molecule has 1 fully saturated rings. The molecule has 172 valence electrons. The Bertz CT molecular complexity index is 1060. The molecule has 6 N–H and O–H groups in total. The first-order valence-corrected chi connectivity index (χ1v) is 10.9. The number of likely N-dealkylation sites (tertiary alicyclic amines) is 1. The Morgan fingerprint density at radius 2 is 1.85 bits per heavy atom. The first-order chi connectivity index (χ1) is 15.8. The number of amides is 1. The van der Waals surface area contributed by atoms with Gasteiger partial charge in [0.2, 0.25) is 0 Å². The number of carbonyl (C=O) groups excluding carboxylic acids is 1. The van der Waals surface area contributed by atoms with Crippen LogP contribution < -0.4 is 21.5 Å². The van der Waals surface area contributed by atoms with Crippen molar-refractivity contribution in [1.82, 2.24) is 10.2 Å². The van der Waals surface area contributed by atoms with Gasteiger partial charge in [0.25, 0.3) is 5.91 Å². The van der Waals surface area contributed by atoms with Crippen molar-refractivity contribution in [2.24, 2.45) is 17.4 Å². The van der Waals surface area contributed by atoms with Gasteiger partial charge in [-0.3, -0.25) is 10.2 Å². The summed E-state index contributed by atoms with van der Waals surface area (Å²) in [5.74, 6) is 0.972. The van der Waals surface area contributed by atoms with Crippen LogP contribution in [-0.2, 0) is 4.79 Å². The third kappa shape index (κ3) is 5.83. The van der Waals surface area contributed by atoms with Gasteiger partial charge in [-0.1, -0.05) is 25.1 Å². The average Bonchev–Trinajstić information content (AvgIpc) is 3.13. The molecule has 1 saturated heterocycles. The monoisotopic (exact) mass is 446 g/mol. The quantitative estimate of drug-likeness (QED) is 0.265. The second-order valence-electron chi connectivity index (χ2n) is 8.38. The summed E-state index contributed by atoms with van der Waals surface area (Å²) in [7, 11) is 0. The number of nitriles is 1. The Balaban J connectivity index is 1.71. The summed E-state index contributed by atoms with van der Waals surface area (Å²) in [5, 5.41) is 21.0. The van der Waals surface area contributed by atoms with Gasteiger partial charge in [-0.2, -0.15) is 5.26 Å². The molecule has 1 aliphatic rings. The summed E-state index contributed by atoms with van der Waals surface area (Å²) < 4.78 is 5.77. The molecule has 0 aromatic heterocycles. The predicted octanol–water partition coefficient (Wildman–Crippen LogP) is 3.06. The predicted molar refractivity (Wildman–Crippen MR) is 127 cm³/mol. The van der Waals surface area contributed by atoms with E-state index in [0.29, 0.717) is 29.4 Å². The van der Waals surface area contributed by atoms with E-state index in [2.05, 4.69) is 18.4 Å². The first-order valence-electron chi connectivity index (χ1n) is 10.9. The molecular formula is C25H30N6O2. The van der Waals surface area contributed by atoms with E-state index in [0.717, 1.165) is 13.0 Å². The fourth-order valence-corrected chi connectivity index (χ4v) is 4.10. The smallest absolute Gasteiger partial charge is 0.254 e. The molecule has 1 amide bonds. The van der Waals surface area contributed by atoms with E-state index < -0.39 is 5.91 Å². The van der Waals surface area contributed by atoms with Crippen molar-refractivity contribution < 1.29 is 9.53 Å². The first kappa shape index (κ1) is 23.7. The molecule has 0 spiro atoms. The number of carbonyl (C=O) groups is 1. The molecule has 1 aliphatic heterocycles. The second kappa shape index (κ2) is 10.6. The fraction of sp³-hybridized carbons (Fsp3) is 0.320.